The number of anilines is 1. The van der Waals surface area contributed by atoms with Crippen molar-refractivity contribution in [3.63, 3.8) is 0 Å². The first-order chi connectivity index (χ1) is 9.91. The fourth-order valence-corrected chi connectivity index (χ4v) is 2.83. The number of pyridine rings is 1. The molecule has 2 rings (SSSR count). The molecule has 3 N–H and O–H groups in total. The molecule has 0 spiro atoms. The number of hydrogen-bond acceptors (Lipinski definition) is 3. The normalized spacial score (nSPS) is 25.1. The van der Waals surface area contributed by atoms with Gasteiger partial charge in [-0.15, -0.1) is 0 Å². The summed E-state index contributed by atoms with van der Waals surface area (Å²) < 4.78 is 0. The molecule has 0 aliphatic heterocycles. The van der Waals surface area contributed by atoms with Gasteiger partial charge in [0.05, 0.1) is 11.9 Å². The molecule has 0 radical (unpaired) electrons. The first-order valence-corrected chi connectivity index (χ1v) is 7.16. The number of rotatable bonds is 3. The molecule has 1 aliphatic carbocycles. The summed E-state index contributed by atoms with van der Waals surface area (Å²) in [6, 6.07) is 3.02. The highest BCUT2D eigenvalue weighted by Gasteiger charge is 2.43. The molecule has 1 saturated carbocycles. The standard InChI is InChI=1S/C15H21N3O3/c1-10-4-3-7-15(8-10,13(19)20)18-14(21)17-12-6-5-11(2)16-9-12/h5-6,9-10H,3-4,7-8H2,1-2H3,(H,19,20)(H2,17,18,21). The van der Waals surface area contributed by atoms with Crippen molar-refractivity contribution in [2.45, 2.75) is 45.1 Å². The zero-order valence-electron chi connectivity index (χ0n) is 12.3. The van der Waals surface area contributed by atoms with Crippen LogP contribution in [0.3, 0.4) is 0 Å². The predicted octanol–water partition coefficient (Wildman–Crippen LogP) is 2.55. The van der Waals surface area contributed by atoms with E-state index in [1.54, 1.807) is 18.3 Å². The molecule has 21 heavy (non-hydrogen) atoms. The van der Waals surface area contributed by atoms with Crippen LogP contribution in [0.15, 0.2) is 18.3 Å². The van der Waals surface area contributed by atoms with Crippen LogP contribution in [0.4, 0.5) is 10.5 Å². The van der Waals surface area contributed by atoms with Gasteiger partial charge >= 0.3 is 12.0 Å². The summed E-state index contributed by atoms with van der Waals surface area (Å²) in [5, 5.41) is 14.8. The van der Waals surface area contributed by atoms with Crippen LogP contribution in [0.1, 0.15) is 38.3 Å². The summed E-state index contributed by atoms with van der Waals surface area (Å²) in [6.07, 6.45) is 4.28. The van der Waals surface area contributed by atoms with Crippen LogP contribution in [-0.2, 0) is 4.79 Å². The van der Waals surface area contributed by atoms with E-state index in [-0.39, 0.29) is 5.92 Å². The minimum absolute atomic E-state index is 0.288. The summed E-state index contributed by atoms with van der Waals surface area (Å²) in [5.74, 6) is -0.678. The Morgan fingerprint density at radius 1 is 1.43 bits per heavy atom. The predicted molar refractivity (Wildman–Crippen MR) is 79.1 cm³/mol. The minimum atomic E-state index is -1.17. The number of aromatic nitrogens is 1. The van der Waals surface area contributed by atoms with Gasteiger partial charge in [-0.25, -0.2) is 9.59 Å². The molecule has 0 bridgehead atoms. The van der Waals surface area contributed by atoms with Crippen molar-refractivity contribution in [3.05, 3.63) is 24.0 Å². The molecule has 6 heteroatoms. The molecule has 0 aromatic carbocycles. The maximum atomic E-state index is 12.1. The van der Waals surface area contributed by atoms with Crippen molar-refractivity contribution >= 4 is 17.7 Å². The third-order valence-electron chi connectivity index (χ3n) is 3.93. The lowest BCUT2D eigenvalue weighted by atomic mass is 9.76. The highest BCUT2D eigenvalue weighted by atomic mass is 16.4. The van der Waals surface area contributed by atoms with Crippen molar-refractivity contribution in [1.29, 1.82) is 0 Å². The summed E-state index contributed by atoms with van der Waals surface area (Å²) in [4.78, 5) is 27.8. The SMILES string of the molecule is Cc1ccc(NC(=O)NC2(C(=O)O)CCCC(C)C2)cn1. The van der Waals surface area contributed by atoms with Crippen LogP contribution in [0.5, 0.6) is 0 Å². The zero-order chi connectivity index (χ0) is 15.5. The maximum absolute atomic E-state index is 12.1. The molecular weight excluding hydrogens is 270 g/mol. The summed E-state index contributed by atoms with van der Waals surface area (Å²) in [5.41, 5.74) is 0.228. The van der Waals surface area contributed by atoms with E-state index in [2.05, 4.69) is 15.6 Å². The number of urea groups is 1. The van der Waals surface area contributed by atoms with Crippen LogP contribution in [0.2, 0.25) is 0 Å². The molecule has 1 aromatic heterocycles. The number of carboxylic acids is 1. The van der Waals surface area contributed by atoms with Gasteiger partial charge in [0.15, 0.2) is 0 Å². The molecule has 1 aromatic rings. The van der Waals surface area contributed by atoms with Crippen LogP contribution in [-0.4, -0.2) is 27.6 Å². The van der Waals surface area contributed by atoms with Gasteiger partial charge in [0.1, 0.15) is 5.54 Å². The van der Waals surface area contributed by atoms with Gasteiger partial charge in [0.2, 0.25) is 0 Å². The van der Waals surface area contributed by atoms with Crippen LogP contribution in [0.25, 0.3) is 0 Å². The van der Waals surface area contributed by atoms with Gasteiger partial charge in [0, 0.05) is 5.69 Å². The zero-order valence-corrected chi connectivity index (χ0v) is 12.3. The number of carbonyl (C=O) groups is 2. The lowest BCUT2D eigenvalue weighted by molar-refractivity contribution is -0.146. The fraction of sp³-hybridized carbons (Fsp3) is 0.533. The maximum Gasteiger partial charge on any atom is 0.329 e. The third-order valence-corrected chi connectivity index (χ3v) is 3.93. The second-order valence-electron chi connectivity index (χ2n) is 5.86. The molecule has 2 unspecified atom stereocenters. The van der Waals surface area contributed by atoms with Crippen molar-refractivity contribution < 1.29 is 14.7 Å². The quantitative estimate of drug-likeness (QED) is 0.798. The first kappa shape index (κ1) is 15.3. The molecule has 2 atom stereocenters. The van der Waals surface area contributed by atoms with Crippen molar-refractivity contribution in [1.82, 2.24) is 10.3 Å². The number of aryl methyl sites for hydroxylation is 1. The number of nitrogens with zero attached hydrogens (tertiary/aromatic N) is 1. The van der Waals surface area contributed by atoms with Gasteiger partial charge in [-0.1, -0.05) is 19.8 Å². The minimum Gasteiger partial charge on any atom is -0.480 e. The van der Waals surface area contributed by atoms with Crippen molar-refractivity contribution in [2.75, 3.05) is 5.32 Å². The lowest BCUT2D eigenvalue weighted by Gasteiger charge is -2.36. The monoisotopic (exact) mass is 291 g/mol. The first-order valence-electron chi connectivity index (χ1n) is 7.16. The van der Waals surface area contributed by atoms with Crippen molar-refractivity contribution in [2.24, 2.45) is 5.92 Å². The summed E-state index contributed by atoms with van der Waals surface area (Å²) in [6.45, 7) is 3.87. The highest BCUT2D eigenvalue weighted by Crippen LogP contribution is 2.32. The van der Waals surface area contributed by atoms with Gasteiger partial charge in [-0.3, -0.25) is 4.98 Å². The Bertz CT molecular complexity index is 529. The topological polar surface area (TPSA) is 91.3 Å². The third kappa shape index (κ3) is 3.71. The molecule has 1 aliphatic rings. The van der Waals surface area contributed by atoms with E-state index < -0.39 is 17.5 Å². The highest BCUT2D eigenvalue weighted by molar-refractivity contribution is 5.93. The molecule has 1 heterocycles. The Morgan fingerprint density at radius 3 is 2.76 bits per heavy atom. The molecule has 2 amide bonds. The molecule has 1 fully saturated rings. The average molecular weight is 291 g/mol. The van der Waals surface area contributed by atoms with Gasteiger partial charge in [-0.05, 0) is 37.8 Å². The Kier molecular flexibility index (Phi) is 4.45. The number of amides is 2. The number of aliphatic carboxylic acids is 1. The van der Waals surface area contributed by atoms with E-state index >= 15 is 0 Å². The van der Waals surface area contributed by atoms with Gasteiger partial charge in [0.25, 0.3) is 0 Å². The number of carbonyl (C=O) groups excluding carboxylic acids is 1. The smallest absolute Gasteiger partial charge is 0.329 e. The van der Waals surface area contributed by atoms with E-state index in [1.165, 1.54) is 0 Å². The van der Waals surface area contributed by atoms with E-state index in [0.29, 0.717) is 18.5 Å². The Morgan fingerprint density at radius 2 is 2.19 bits per heavy atom. The Hall–Kier alpha value is -2.11. The summed E-state index contributed by atoms with van der Waals surface area (Å²) >= 11 is 0. The second kappa shape index (κ2) is 6.11. The molecule has 0 saturated heterocycles. The van der Waals surface area contributed by atoms with E-state index in [0.717, 1.165) is 18.5 Å². The van der Waals surface area contributed by atoms with E-state index in [1.807, 2.05) is 13.8 Å². The Balaban J connectivity index is 2.05. The van der Waals surface area contributed by atoms with Crippen LogP contribution in [0, 0.1) is 12.8 Å². The van der Waals surface area contributed by atoms with E-state index in [9.17, 15) is 14.7 Å². The van der Waals surface area contributed by atoms with Gasteiger partial charge in [-0.2, -0.15) is 0 Å². The molecular formula is C15H21N3O3. The summed E-state index contributed by atoms with van der Waals surface area (Å²) in [7, 11) is 0. The van der Waals surface area contributed by atoms with Crippen molar-refractivity contribution in [3.8, 4) is 0 Å². The fourth-order valence-electron chi connectivity index (χ4n) is 2.83. The lowest BCUT2D eigenvalue weighted by Crippen LogP contribution is -2.57. The average Bonchev–Trinajstić information content (AvgIpc) is 2.41. The molecule has 6 nitrogen and oxygen atoms in total. The number of hydrogen-bond donors (Lipinski definition) is 3. The van der Waals surface area contributed by atoms with Gasteiger partial charge < -0.3 is 15.7 Å². The molecule has 114 valence electrons. The second-order valence-corrected chi connectivity index (χ2v) is 5.86. The van der Waals surface area contributed by atoms with Crippen LogP contribution < -0.4 is 10.6 Å². The largest absolute Gasteiger partial charge is 0.480 e. The van der Waals surface area contributed by atoms with Crippen LogP contribution >= 0.6 is 0 Å². The number of carboxylic acid groups (broad SMARTS) is 1. The number of nitrogens with one attached hydrogen (secondary N) is 2. The van der Waals surface area contributed by atoms with E-state index in [4.69, 9.17) is 0 Å². The Labute approximate surface area is 124 Å².